The molecule has 1 aromatic heterocycles. The Morgan fingerprint density at radius 2 is 2.25 bits per heavy atom. The van der Waals surface area contributed by atoms with Crippen LogP contribution in [0.15, 0.2) is 12.3 Å². The highest BCUT2D eigenvalue weighted by atomic mass is 16.5. The second kappa shape index (κ2) is 5.44. The smallest absolute Gasteiger partial charge is 0.256 e. The van der Waals surface area contributed by atoms with E-state index < -0.39 is 0 Å². The number of pyridine rings is 1. The minimum Gasteiger partial charge on any atom is -0.377 e. The van der Waals surface area contributed by atoms with Gasteiger partial charge >= 0.3 is 0 Å². The molecule has 1 unspecified atom stereocenters. The predicted octanol–water partition coefficient (Wildman–Crippen LogP) is 1.11. The van der Waals surface area contributed by atoms with Gasteiger partial charge in [-0.2, -0.15) is 0 Å². The van der Waals surface area contributed by atoms with E-state index in [9.17, 15) is 9.59 Å². The highest BCUT2D eigenvalue weighted by Crippen LogP contribution is 2.44. The zero-order valence-electron chi connectivity index (χ0n) is 14.0. The highest BCUT2D eigenvalue weighted by Gasteiger charge is 2.49. The third-order valence-electron chi connectivity index (χ3n) is 5.30. The van der Waals surface area contributed by atoms with Gasteiger partial charge in [-0.1, -0.05) is 0 Å². The van der Waals surface area contributed by atoms with E-state index in [4.69, 9.17) is 4.74 Å². The molecule has 0 aromatic carbocycles. The van der Waals surface area contributed by atoms with Crippen molar-refractivity contribution in [3.63, 3.8) is 0 Å². The second-order valence-electron chi connectivity index (χ2n) is 7.14. The molecule has 3 aliphatic rings. The van der Waals surface area contributed by atoms with Crippen molar-refractivity contribution < 1.29 is 14.3 Å². The van der Waals surface area contributed by atoms with E-state index >= 15 is 0 Å². The standard InChI is InChI=1S/C17H22N4O3/c1-17(12-3-4-12)10-24-6-5-21(17)16(23)11-7-13-15(18-8-11)20(2)9-14(22)19-13/h7-8,12H,3-6,9-10H2,1-2H3,(H,19,22). The van der Waals surface area contributed by atoms with Gasteiger partial charge in [0.15, 0.2) is 5.82 Å². The highest BCUT2D eigenvalue weighted by molar-refractivity contribution is 6.02. The molecule has 7 nitrogen and oxygen atoms in total. The molecule has 1 aromatic rings. The lowest BCUT2D eigenvalue weighted by Crippen LogP contribution is -2.58. The summed E-state index contributed by atoms with van der Waals surface area (Å²) in [4.78, 5) is 32.9. The molecule has 3 heterocycles. The minimum atomic E-state index is -0.245. The average molecular weight is 330 g/mol. The number of likely N-dealkylation sites (N-methyl/N-ethyl adjacent to an activating group) is 1. The third kappa shape index (κ3) is 2.43. The molecule has 1 saturated heterocycles. The lowest BCUT2D eigenvalue weighted by molar-refractivity contribution is -0.115. The molecule has 0 spiro atoms. The molecular weight excluding hydrogens is 308 g/mol. The van der Waals surface area contributed by atoms with Crippen LogP contribution in [0.3, 0.4) is 0 Å². The Hall–Kier alpha value is -2.15. The molecule has 24 heavy (non-hydrogen) atoms. The Labute approximate surface area is 141 Å². The molecule has 128 valence electrons. The monoisotopic (exact) mass is 330 g/mol. The number of nitrogens with zero attached hydrogens (tertiary/aromatic N) is 3. The van der Waals surface area contributed by atoms with Crippen LogP contribution in [0.25, 0.3) is 0 Å². The molecule has 0 radical (unpaired) electrons. The average Bonchev–Trinajstić information content (AvgIpc) is 3.39. The van der Waals surface area contributed by atoms with Crippen molar-refractivity contribution in [3.05, 3.63) is 17.8 Å². The van der Waals surface area contributed by atoms with Crippen LogP contribution in [0.1, 0.15) is 30.1 Å². The fourth-order valence-electron chi connectivity index (χ4n) is 3.75. The first-order valence-electron chi connectivity index (χ1n) is 8.40. The zero-order valence-corrected chi connectivity index (χ0v) is 14.0. The van der Waals surface area contributed by atoms with Gasteiger partial charge < -0.3 is 19.9 Å². The first kappa shape index (κ1) is 15.4. The molecule has 7 heteroatoms. The van der Waals surface area contributed by atoms with Crippen molar-refractivity contribution in [1.29, 1.82) is 0 Å². The predicted molar refractivity (Wildman–Crippen MR) is 89.1 cm³/mol. The van der Waals surface area contributed by atoms with Gasteiger partial charge in [0.2, 0.25) is 5.91 Å². The van der Waals surface area contributed by atoms with Gasteiger partial charge in [0, 0.05) is 19.8 Å². The number of fused-ring (bicyclic) bond motifs is 1. The van der Waals surface area contributed by atoms with Crippen molar-refractivity contribution in [3.8, 4) is 0 Å². The number of aromatic nitrogens is 1. The molecule has 1 saturated carbocycles. The van der Waals surface area contributed by atoms with E-state index in [-0.39, 0.29) is 23.9 Å². The molecule has 4 rings (SSSR count). The number of anilines is 2. The van der Waals surface area contributed by atoms with Gasteiger partial charge in [-0.05, 0) is 31.7 Å². The van der Waals surface area contributed by atoms with Gasteiger partial charge in [0.05, 0.1) is 36.5 Å². The fraction of sp³-hybridized carbons (Fsp3) is 0.588. The first-order valence-corrected chi connectivity index (χ1v) is 8.40. The summed E-state index contributed by atoms with van der Waals surface area (Å²) in [7, 11) is 1.82. The van der Waals surface area contributed by atoms with Crippen molar-refractivity contribution in [2.75, 3.05) is 43.6 Å². The van der Waals surface area contributed by atoms with Crippen LogP contribution in [0.5, 0.6) is 0 Å². The SMILES string of the molecule is CN1CC(=O)Nc2cc(C(=O)N3CCOCC3(C)C3CC3)cnc21. The molecule has 2 fully saturated rings. The molecule has 0 bridgehead atoms. The number of morpholine rings is 1. The molecule has 1 atom stereocenters. The number of carbonyl (C=O) groups is 2. The first-order chi connectivity index (χ1) is 11.5. The summed E-state index contributed by atoms with van der Waals surface area (Å²) in [6.45, 7) is 4.13. The summed E-state index contributed by atoms with van der Waals surface area (Å²) >= 11 is 0. The van der Waals surface area contributed by atoms with Crippen LogP contribution in [0.4, 0.5) is 11.5 Å². The maximum atomic E-state index is 13.1. The quantitative estimate of drug-likeness (QED) is 0.879. The number of hydrogen-bond donors (Lipinski definition) is 1. The molecule has 1 N–H and O–H groups in total. The Balaban J connectivity index is 1.64. The number of rotatable bonds is 2. The number of nitrogens with one attached hydrogen (secondary N) is 1. The minimum absolute atomic E-state index is 0.0366. The third-order valence-corrected chi connectivity index (χ3v) is 5.30. The van der Waals surface area contributed by atoms with Gasteiger partial charge in [0.1, 0.15) is 0 Å². The van der Waals surface area contributed by atoms with E-state index in [1.54, 1.807) is 17.2 Å². The van der Waals surface area contributed by atoms with E-state index in [0.29, 0.717) is 42.7 Å². The van der Waals surface area contributed by atoms with Crippen molar-refractivity contribution >= 4 is 23.3 Å². The van der Waals surface area contributed by atoms with Gasteiger partial charge in [-0.15, -0.1) is 0 Å². The summed E-state index contributed by atoms with van der Waals surface area (Å²) in [5, 5.41) is 2.81. The summed E-state index contributed by atoms with van der Waals surface area (Å²) in [6, 6.07) is 1.74. The Kier molecular flexibility index (Phi) is 3.49. The van der Waals surface area contributed by atoms with Gasteiger partial charge in [-0.3, -0.25) is 9.59 Å². The lowest BCUT2D eigenvalue weighted by Gasteiger charge is -2.45. The molecule has 1 aliphatic carbocycles. The number of ether oxygens (including phenoxy) is 1. The van der Waals surface area contributed by atoms with Crippen LogP contribution >= 0.6 is 0 Å². The summed E-state index contributed by atoms with van der Waals surface area (Å²) in [5.74, 6) is 1.08. The maximum Gasteiger partial charge on any atom is 0.256 e. The number of carbonyl (C=O) groups excluding carboxylic acids is 2. The topological polar surface area (TPSA) is 74.8 Å². The van der Waals surface area contributed by atoms with Crippen molar-refractivity contribution in [2.45, 2.75) is 25.3 Å². The van der Waals surface area contributed by atoms with E-state index in [1.165, 1.54) is 0 Å². The Morgan fingerprint density at radius 1 is 1.46 bits per heavy atom. The van der Waals surface area contributed by atoms with E-state index in [0.717, 1.165) is 12.8 Å². The van der Waals surface area contributed by atoms with E-state index in [1.807, 2.05) is 11.9 Å². The van der Waals surface area contributed by atoms with Crippen LogP contribution in [0, 0.1) is 5.92 Å². The Morgan fingerprint density at radius 3 is 3.00 bits per heavy atom. The normalized spacial score (nSPS) is 26.8. The van der Waals surface area contributed by atoms with Crippen LogP contribution < -0.4 is 10.2 Å². The van der Waals surface area contributed by atoms with Gasteiger partial charge in [0.25, 0.3) is 5.91 Å². The molecule has 2 amide bonds. The van der Waals surface area contributed by atoms with Crippen LogP contribution in [-0.4, -0.2) is 60.6 Å². The van der Waals surface area contributed by atoms with E-state index in [2.05, 4.69) is 17.2 Å². The maximum absolute atomic E-state index is 13.1. The summed E-state index contributed by atoms with van der Waals surface area (Å²) < 4.78 is 5.65. The largest absolute Gasteiger partial charge is 0.377 e. The summed E-state index contributed by atoms with van der Waals surface area (Å²) in [6.07, 6.45) is 3.90. The number of amides is 2. The van der Waals surface area contributed by atoms with Crippen LogP contribution in [-0.2, 0) is 9.53 Å². The molecule has 2 aliphatic heterocycles. The summed E-state index contributed by atoms with van der Waals surface area (Å²) in [5.41, 5.74) is 0.866. The van der Waals surface area contributed by atoms with Crippen molar-refractivity contribution in [1.82, 2.24) is 9.88 Å². The fourth-order valence-corrected chi connectivity index (χ4v) is 3.75. The van der Waals surface area contributed by atoms with Crippen LogP contribution in [0.2, 0.25) is 0 Å². The second-order valence-corrected chi connectivity index (χ2v) is 7.14. The van der Waals surface area contributed by atoms with Gasteiger partial charge in [-0.25, -0.2) is 4.98 Å². The van der Waals surface area contributed by atoms with Crippen molar-refractivity contribution in [2.24, 2.45) is 5.92 Å². The lowest BCUT2D eigenvalue weighted by atomic mass is 9.92. The number of hydrogen-bond acceptors (Lipinski definition) is 5. The Bertz CT molecular complexity index is 703. The zero-order chi connectivity index (χ0) is 16.9. The molecular formula is C17H22N4O3.